The first-order valence-corrected chi connectivity index (χ1v) is 6.83. The smallest absolute Gasteiger partial charge is 0.320 e. The summed E-state index contributed by atoms with van der Waals surface area (Å²) in [4.78, 5) is 20.1. The summed E-state index contributed by atoms with van der Waals surface area (Å²) in [6.45, 7) is 3.71. The molecular formula is C12H29N5O3. The summed E-state index contributed by atoms with van der Waals surface area (Å²) in [6, 6.07) is -0.979. The van der Waals surface area contributed by atoms with E-state index in [-0.39, 0.29) is 12.8 Å². The lowest BCUT2D eigenvalue weighted by Crippen LogP contribution is -2.31. The van der Waals surface area contributed by atoms with Gasteiger partial charge in [-0.3, -0.25) is 9.59 Å². The van der Waals surface area contributed by atoms with Crippen molar-refractivity contribution in [2.24, 2.45) is 22.9 Å². The summed E-state index contributed by atoms with van der Waals surface area (Å²) in [7, 11) is 0. The highest BCUT2D eigenvalue weighted by molar-refractivity contribution is 5.76. The van der Waals surface area contributed by atoms with E-state index in [0.717, 1.165) is 39.0 Å². The number of hydrogen-bond acceptors (Lipinski definition) is 6. The van der Waals surface area contributed by atoms with Crippen LogP contribution in [0.5, 0.6) is 0 Å². The molecule has 0 aromatic rings. The zero-order valence-corrected chi connectivity index (χ0v) is 12.0. The molecule has 0 heterocycles. The molecule has 0 radical (unpaired) electrons. The second kappa shape index (κ2) is 15.8. The summed E-state index contributed by atoms with van der Waals surface area (Å²) >= 11 is 0. The number of nitrogens with two attached hydrogens (primary N) is 4. The fourth-order valence-electron chi connectivity index (χ4n) is 1.17. The number of nitrogens with one attached hydrogen (secondary N) is 1. The van der Waals surface area contributed by atoms with Crippen molar-refractivity contribution in [3.63, 3.8) is 0 Å². The lowest BCUT2D eigenvalue weighted by Gasteiger charge is -2.01. The predicted octanol–water partition coefficient (Wildman–Crippen LogP) is -1.67. The molecule has 1 unspecified atom stereocenters. The summed E-state index contributed by atoms with van der Waals surface area (Å²) in [5.74, 6) is -1.64. The second-order valence-electron chi connectivity index (χ2n) is 4.34. The number of carboxylic acids is 1. The molecule has 8 heteroatoms. The molecule has 0 aromatic carbocycles. The van der Waals surface area contributed by atoms with Gasteiger partial charge in [0.25, 0.3) is 0 Å². The first kappa shape index (κ1) is 21.1. The molecule has 120 valence electrons. The van der Waals surface area contributed by atoms with Crippen molar-refractivity contribution < 1.29 is 14.7 Å². The van der Waals surface area contributed by atoms with E-state index in [9.17, 15) is 9.59 Å². The van der Waals surface area contributed by atoms with Gasteiger partial charge in [-0.15, -0.1) is 0 Å². The van der Waals surface area contributed by atoms with E-state index in [0.29, 0.717) is 0 Å². The van der Waals surface area contributed by atoms with Crippen LogP contribution in [0, 0.1) is 0 Å². The van der Waals surface area contributed by atoms with Crippen LogP contribution < -0.4 is 28.3 Å². The SMILES string of the molecule is NC(=O)CCC(N)C(=O)O.NCCCCNCCCN. The Morgan fingerprint density at radius 3 is 2.05 bits per heavy atom. The average molecular weight is 291 g/mol. The Morgan fingerprint density at radius 2 is 1.60 bits per heavy atom. The van der Waals surface area contributed by atoms with Gasteiger partial charge in [-0.25, -0.2) is 0 Å². The van der Waals surface area contributed by atoms with Crippen molar-refractivity contribution in [3.8, 4) is 0 Å². The van der Waals surface area contributed by atoms with Crippen LogP contribution in [-0.2, 0) is 9.59 Å². The van der Waals surface area contributed by atoms with E-state index in [4.69, 9.17) is 28.0 Å². The van der Waals surface area contributed by atoms with Gasteiger partial charge in [0.15, 0.2) is 0 Å². The Hall–Kier alpha value is -1.22. The highest BCUT2D eigenvalue weighted by Gasteiger charge is 2.11. The minimum atomic E-state index is -1.11. The van der Waals surface area contributed by atoms with Gasteiger partial charge in [-0.1, -0.05) is 0 Å². The van der Waals surface area contributed by atoms with Crippen molar-refractivity contribution in [1.82, 2.24) is 5.32 Å². The maximum atomic E-state index is 10.1. The molecule has 0 aliphatic rings. The first-order valence-electron chi connectivity index (χ1n) is 6.83. The molecule has 0 rings (SSSR count). The fourth-order valence-corrected chi connectivity index (χ4v) is 1.17. The van der Waals surface area contributed by atoms with E-state index in [1.54, 1.807) is 0 Å². The summed E-state index contributed by atoms with van der Waals surface area (Å²) < 4.78 is 0. The molecular weight excluding hydrogens is 262 g/mol. The highest BCUT2D eigenvalue weighted by Crippen LogP contribution is 1.92. The topological polar surface area (TPSA) is 170 Å². The molecule has 0 aliphatic heterocycles. The van der Waals surface area contributed by atoms with Crippen molar-refractivity contribution in [3.05, 3.63) is 0 Å². The van der Waals surface area contributed by atoms with E-state index >= 15 is 0 Å². The number of hydrogen-bond donors (Lipinski definition) is 6. The number of aliphatic carboxylic acids is 1. The van der Waals surface area contributed by atoms with Crippen molar-refractivity contribution >= 4 is 11.9 Å². The van der Waals surface area contributed by atoms with Crippen molar-refractivity contribution in [1.29, 1.82) is 0 Å². The minimum Gasteiger partial charge on any atom is -0.480 e. The zero-order valence-electron chi connectivity index (χ0n) is 12.0. The predicted molar refractivity (Wildman–Crippen MR) is 78.9 cm³/mol. The number of carbonyl (C=O) groups is 2. The van der Waals surface area contributed by atoms with Gasteiger partial charge in [0.2, 0.25) is 5.91 Å². The number of carbonyl (C=O) groups excluding carboxylic acids is 1. The number of carboxylic acid groups (broad SMARTS) is 1. The largest absolute Gasteiger partial charge is 0.480 e. The Labute approximate surface area is 120 Å². The molecule has 0 saturated carbocycles. The number of amides is 1. The van der Waals surface area contributed by atoms with Gasteiger partial charge in [0.1, 0.15) is 6.04 Å². The molecule has 0 saturated heterocycles. The van der Waals surface area contributed by atoms with Gasteiger partial charge >= 0.3 is 5.97 Å². The lowest BCUT2D eigenvalue weighted by molar-refractivity contribution is -0.138. The third-order valence-corrected chi connectivity index (χ3v) is 2.38. The maximum absolute atomic E-state index is 10.1. The normalized spacial score (nSPS) is 11.3. The molecule has 1 atom stereocenters. The number of primary amides is 1. The summed E-state index contributed by atoms with van der Waals surface area (Å²) in [5, 5.41) is 11.5. The van der Waals surface area contributed by atoms with Crippen molar-refractivity contribution in [2.75, 3.05) is 26.2 Å². The third-order valence-electron chi connectivity index (χ3n) is 2.38. The monoisotopic (exact) mass is 291 g/mol. The molecule has 0 bridgehead atoms. The molecule has 1 amide bonds. The van der Waals surface area contributed by atoms with Crippen LogP contribution in [0.1, 0.15) is 32.1 Å². The van der Waals surface area contributed by atoms with Gasteiger partial charge in [-0.2, -0.15) is 0 Å². The molecule has 0 spiro atoms. The van der Waals surface area contributed by atoms with Gasteiger partial charge in [0, 0.05) is 6.42 Å². The molecule has 0 fully saturated rings. The maximum Gasteiger partial charge on any atom is 0.320 e. The van der Waals surface area contributed by atoms with Crippen LogP contribution in [0.3, 0.4) is 0 Å². The summed E-state index contributed by atoms with van der Waals surface area (Å²) in [5.41, 5.74) is 20.4. The van der Waals surface area contributed by atoms with E-state index in [2.05, 4.69) is 5.32 Å². The van der Waals surface area contributed by atoms with Crippen LogP contribution in [0.2, 0.25) is 0 Å². The number of unbranched alkanes of at least 4 members (excludes halogenated alkanes) is 1. The summed E-state index contributed by atoms with van der Waals surface area (Å²) in [6.07, 6.45) is 3.50. The lowest BCUT2D eigenvalue weighted by atomic mass is 10.2. The van der Waals surface area contributed by atoms with Gasteiger partial charge < -0.3 is 33.4 Å². The Balaban J connectivity index is 0. The molecule has 20 heavy (non-hydrogen) atoms. The van der Waals surface area contributed by atoms with Gasteiger partial charge in [0.05, 0.1) is 0 Å². The zero-order chi connectivity index (χ0) is 15.8. The Kier molecular flexibility index (Phi) is 16.7. The van der Waals surface area contributed by atoms with E-state index in [1.165, 1.54) is 6.42 Å². The molecule has 8 nitrogen and oxygen atoms in total. The van der Waals surface area contributed by atoms with Gasteiger partial charge in [-0.05, 0) is 51.9 Å². The van der Waals surface area contributed by atoms with Crippen LogP contribution in [0.15, 0.2) is 0 Å². The van der Waals surface area contributed by atoms with Crippen LogP contribution >= 0.6 is 0 Å². The highest BCUT2D eigenvalue weighted by atomic mass is 16.4. The first-order chi connectivity index (χ1) is 9.45. The van der Waals surface area contributed by atoms with Crippen molar-refractivity contribution in [2.45, 2.75) is 38.1 Å². The quantitative estimate of drug-likeness (QED) is 0.247. The van der Waals surface area contributed by atoms with Crippen LogP contribution in [-0.4, -0.2) is 49.2 Å². The van der Waals surface area contributed by atoms with Crippen LogP contribution in [0.4, 0.5) is 0 Å². The fraction of sp³-hybridized carbons (Fsp3) is 0.833. The molecule has 10 N–H and O–H groups in total. The number of rotatable bonds is 11. The minimum absolute atomic E-state index is 0.0213. The second-order valence-corrected chi connectivity index (χ2v) is 4.34. The molecule has 0 aliphatic carbocycles. The van der Waals surface area contributed by atoms with Crippen LogP contribution in [0.25, 0.3) is 0 Å². The van der Waals surface area contributed by atoms with E-state index < -0.39 is 17.9 Å². The standard InChI is InChI=1S/C7H19N3.C5H10N2O3/c8-4-1-2-6-10-7-3-5-9;6-3(5(9)10)1-2-4(7)8/h10H,1-9H2;3H,1-2,6H2,(H2,7,8)(H,9,10). The Morgan fingerprint density at radius 1 is 1.05 bits per heavy atom. The Bertz CT molecular complexity index is 243. The molecule has 0 aromatic heterocycles. The average Bonchev–Trinajstić information content (AvgIpc) is 2.40. The third kappa shape index (κ3) is 19.1. The van der Waals surface area contributed by atoms with E-state index in [1.807, 2.05) is 0 Å².